The summed E-state index contributed by atoms with van der Waals surface area (Å²) in [5.41, 5.74) is -5.22. The predicted molar refractivity (Wildman–Crippen MR) is 501 cm³/mol. The summed E-state index contributed by atoms with van der Waals surface area (Å²) in [6.45, 7) is 74.8. The Kier molecular flexibility index (Phi) is 46.1. The van der Waals surface area contributed by atoms with E-state index in [9.17, 15) is 56.0 Å². The van der Waals surface area contributed by atoms with Crippen LogP contribution in [0.15, 0.2) is 0 Å². The van der Waals surface area contributed by atoms with Gasteiger partial charge < -0.3 is 60.7 Å². The van der Waals surface area contributed by atoms with Crippen LogP contribution >= 0.6 is 0 Å². The smallest absolute Gasteiger partial charge is 0.306 e. The van der Waals surface area contributed by atoms with Gasteiger partial charge in [0, 0.05) is 96.8 Å². The zero-order chi connectivity index (χ0) is 96.1. The molecule has 8 fully saturated rings. The molecule has 0 unspecified atom stereocenters. The molecule has 0 atom stereocenters. The Bertz CT molecular complexity index is 2820. The second-order valence-corrected chi connectivity index (χ2v) is 49.3. The molecule has 0 spiro atoms. The van der Waals surface area contributed by atoms with Crippen molar-refractivity contribution < 1.29 is 89.7 Å². The summed E-state index contributed by atoms with van der Waals surface area (Å²) < 4.78 is 5.81. The largest absolute Gasteiger partial charge is 0.462 e. The zero-order valence-electron chi connectivity index (χ0n) is 86.9. The van der Waals surface area contributed by atoms with Crippen LogP contribution in [-0.2, 0) is 38.6 Å². The molecule has 1 aliphatic carbocycles. The van der Waals surface area contributed by atoms with Crippen molar-refractivity contribution in [2.24, 2.45) is 0 Å². The van der Waals surface area contributed by atoms with Crippen molar-refractivity contribution in [3.63, 3.8) is 0 Å². The number of esters is 1. The molecule has 740 valence electrons. The van der Waals surface area contributed by atoms with Gasteiger partial charge in [0.15, 0.2) is 0 Å². The summed E-state index contributed by atoms with van der Waals surface area (Å²) >= 11 is 0. The second kappa shape index (κ2) is 48.1. The lowest BCUT2D eigenvalue weighted by molar-refractivity contribution is -0.317. The first-order valence-corrected chi connectivity index (χ1v) is 48.4. The van der Waals surface area contributed by atoms with Gasteiger partial charge in [0.05, 0.1) is 93.1 Å². The highest BCUT2D eigenvalue weighted by Gasteiger charge is 2.54. The first kappa shape index (κ1) is 119. The van der Waals surface area contributed by atoms with Crippen LogP contribution in [0.3, 0.4) is 0 Å². The van der Waals surface area contributed by atoms with Crippen LogP contribution in [-0.4, -0.2) is 269 Å². The molecule has 0 bridgehead atoms. The van der Waals surface area contributed by atoms with Gasteiger partial charge in [0.25, 0.3) is 0 Å². The molecule has 1 saturated carbocycles. The number of aliphatic hydroxyl groups is 9. The van der Waals surface area contributed by atoms with Crippen molar-refractivity contribution in [2.45, 2.75) is 598 Å². The van der Waals surface area contributed by atoms with Crippen LogP contribution in [0.5, 0.6) is 0 Å². The third kappa shape index (κ3) is 40.8. The molecule has 0 radical (unpaired) electrons. The summed E-state index contributed by atoms with van der Waals surface area (Å²) in [5, 5.41) is 112. The van der Waals surface area contributed by atoms with E-state index in [1.165, 1.54) is 95.0 Å². The summed E-state index contributed by atoms with van der Waals surface area (Å²) in [6, 6.07) is 0. The highest BCUT2D eigenvalue weighted by atomic mass is 16.7. The van der Waals surface area contributed by atoms with Gasteiger partial charge >= 0.3 is 5.97 Å². The lowest BCUT2D eigenvalue weighted by Gasteiger charge is -2.54. The topological polar surface area (TPSA) is 307 Å². The fourth-order valence-electron chi connectivity index (χ4n) is 22.0. The molecule has 7 heterocycles. The monoisotopic (exact) mass is 1780 g/mol. The summed E-state index contributed by atoms with van der Waals surface area (Å²) in [5.74, 6) is -0.0760. The van der Waals surface area contributed by atoms with E-state index in [4.69, 9.17) is 33.8 Å². The van der Waals surface area contributed by atoms with E-state index in [2.05, 4.69) is 190 Å². The van der Waals surface area contributed by atoms with E-state index in [1.807, 2.05) is 47.9 Å². The maximum atomic E-state index is 12.3. The normalized spacial score (nSPS) is 25.8. The number of nitrogens with zero attached hydrogens (tertiary/aromatic N) is 7. The predicted octanol–water partition coefficient (Wildman–Crippen LogP) is 18.9. The molecule has 0 aromatic rings. The number of carbonyl (C=O) groups is 1. The van der Waals surface area contributed by atoms with E-state index in [0.717, 1.165) is 77.2 Å². The minimum atomic E-state index is -0.882. The number of hydroxylamine groups is 14. The first-order chi connectivity index (χ1) is 55.9. The molecule has 7 saturated heterocycles. The van der Waals surface area contributed by atoms with Crippen LogP contribution in [0.1, 0.15) is 455 Å². The van der Waals surface area contributed by atoms with Crippen molar-refractivity contribution in [1.82, 2.24) is 35.4 Å². The van der Waals surface area contributed by atoms with Gasteiger partial charge in [-0.05, 0) is 338 Å². The Balaban J connectivity index is 0.000000497. The Morgan fingerprint density at radius 2 is 0.540 bits per heavy atom. The number of rotatable bonds is 28. The van der Waals surface area contributed by atoms with Gasteiger partial charge in [0.1, 0.15) is 6.10 Å². The lowest BCUT2D eigenvalue weighted by Crippen LogP contribution is -2.62. The van der Waals surface area contributed by atoms with Crippen LogP contribution < -0.4 is 0 Å². The van der Waals surface area contributed by atoms with Crippen molar-refractivity contribution in [1.29, 1.82) is 0 Å². The average molecular weight is 1780 g/mol. The number of carbonyl (C=O) groups excluding carboxylic acids is 1. The fourth-order valence-corrected chi connectivity index (χ4v) is 22.0. The molecule has 0 aromatic heterocycles. The molecule has 0 amide bonds. The molecular formula is C99H201N7O18. The molecule has 10 N–H and O–H groups in total. The Hall–Kier alpha value is -1.45. The highest BCUT2D eigenvalue weighted by molar-refractivity contribution is 5.69. The van der Waals surface area contributed by atoms with Crippen LogP contribution in [0.4, 0.5) is 0 Å². The molecule has 25 nitrogen and oxygen atoms in total. The van der Waals surface area contributed by atoms with Crippen molar-refractivity contribution in [3.05, 3.63) is 0 Å². The maximum Gasteiger partial charge on any atom is 0.306 e. The molecule has 0 aromatic carbocycles. The van der Waals surface area contributed by atoms with Crippen LogP contribution in [0.25, 0.3) is 0 Å². The highest BCUT2D eigenvalue weighted by Crippen LogP contribution is 2.46. The van der Waals surface area contributed by atoms with E-state index in [1.54, 1.807) is 48.7 Å². The number of ether oxygens (including phenoxy) is 1. The van der Waals surface area contributed by atoms with Gasteiger partial charge in [-0.2, -0.15) is 35.4 Å². The van der Waals surface area contributed by atoms with Crippen molar-refractivity contribution in [3.8, 4) is 0 Å². The molecule has 7 aliphatic heterocycles. The number of unbranched alkanes of at least 4 members (excludes halogenated alkanes) is 10. The minimum Gasteiger partial charge on any atom is -0.462 e. The summed E-state index contributed by atoms with van der Waals surface area (Å²) in [4.78, 5) is 47.7. The number of piperidine rings is 7. The SMILES string of the molecule is CC(C)(O)CON1C(C)(C)CC(O)CC1(C)C.CC(C)(O)CON1C(C)(C)CC(O)CC1(C)C.CC1(C)CC(O)CC(C)(C)N1O.CC1(C)CC(O)CC(C)(C)N1OC1CCCCC1.CCCCCCCCC(=O)OC1CC(C)(C)N(OCC(C)(C)O)C(C)(C)C1.CCCCCCCCON1C(C)(C)CC(O)CC1(C)C.CON1C(C)(C)CC(O)CC1(C)C. The van der Waals surface area contributed by atoms with Crippen molar-refractivity contribution >= 4 is 5.97 Å². The third-order valence-corrected chi connectivity index (χ3v) is 25.4. The molecule has 8 rings (SSSR count). The Labute approximate surface area is 758 Å². The lowest BCUT2D eigenvalue weighted by atomic mass is 9.80. The third-order valence-electron chi connectivity index (χ3n) is 25.4. The molecular weight excluding hydrogens is 1580 g/mol. The van der Waals surface area contributed by atoms with Crippen LogP contribution in [0, 0.1) is 0 Å². The number of aliphatic hydroxyl groups excluding tert-OH is 6. The van der Waals surface area contributed by atoms with E-state index < -0.39 is 16.8 Å². The molecule has 25 heteroatoms. The number of hydrogen-bond acceptors (Lipinski definition) is 25. The fraction of sp³-hybridized carbons (Fsp3) is 0.990. The van der Waals surface area contributed by atoms with Crippen LogP contribution in [0.2, 0.25) is 0 Å². The zero-order valence-corrected chi connectivity index (χ0v) is 86.9. The standard InChI is InChI=1S/C22H43NO4.C17H35NO2.C15H29NO2.2C13H27NO3.C10H21NO2.C9H19NO2/c1-8-9-10-11-12-13-14-19(24)27-18-15-20(2,3)23(21(4,5)16-18)26-17-22(6,7)25;1-6-7-8-9-10-11-12-20-18-16(2,3)13-15(19)14-17(18,4)5;1-14(2)10-12(17)11-15(3,4)16(14)18-13-8-6-5-7-9-13;2*1-11(2)7-10(15)8-12(3,4)14(11)17-9-13(5,6)16;1-9(2)6-8(12)7-10(3,4)11(9)13-5;1-8(2)5-7(11)6-9(3,4)10(8)12/h18,25H,8-17H2,1-7H3;15,19H,6-14H2,1-5H3;12-13,17H,5-11H2,1-4H3;2*10,15-16H,7-9H2,1-6H3;8,12H,6-7H2,1-5H3;7,11-12H,5-6H2,1-4H3. The van der Waals surface area contributed by atoms with Crippen molar-refractivity contribution in [2.75, 3.05) is 33.5 Å². The van der Waals surface area contributed by atoms with Gasteiger partial charge in [-0.15, -0.1) is 0 Å². The van der Waals surface area contributed by atoms with Gasteiger partial charge in [-0.1, -0.05) is 97.3 Å². The van der Waals surface area contributed by atoms with Gasteiger partial charge in [-0.25, -0.2) is 0 Å². The van der Waals surface area contributed by atoms with E-state index in [0.29, 0.717) is 51.0 Å². The summed E-state index contributed by atoms with van der Waals surface area (Å²) in [7, 11) is 1.70. The minimum absolute atomic E-state index is 0.0760. The second-order valence-electron chi connectivity index (χ2n) is 49.3. The maximum absolute atomic E-state index is 12.3. The quantitative estimate of drug-likeness (QED) is 0.0257. The van der Waals surface area contributed by atoms with Gasteiger partial charge in [0.2, 0.25) is 0 Å². The van der Waals surface area contributed by atoms with E-state index >= 15 is 0 Å². The van der Waals surface area contributed by atoms with E-state index in [-0.39, 0.29) is 146 Å². The summed E-state index contributed by atoms with van der Waals surface area (Å²) in [6.07, 6.45) is 30.5. The number of hydrogen-bond donors (Lipinski definition) is 10. The Morgan fingerprint density at radius 3 is 0.815 bits per heavy atom. The molecule has 8 aliphatic rings. The first-order valence-electron chi connectivity index (χ1n) is 48.4. The average Bonchev–Trinajstić information content (AvgIpc) is 0.760. The molecule has 124 heavy (non-hydrogen) atoms. The Morgan fingerprint density at radius 1 is 0.306 bits per heavy atom. The van der Waals surface area contributed by atoms with Gasteiger partial charge in [-0.3, -0.25) is 29.0 Å².